The molecule has 0 amide bonds. The molecular formula is C38H22N4. The number of fused-ring (bicyclic) bond motifs is 6. The van der Waals surface area contributed by atoms with E-state index in [0.29, 0.717) is 11.3 Å². The van der Waals surface area contributed by atoms with Crippen molar-refractivity contribution >= 4 is 49.3 Å². The van der Waals surface area contributed by atoms with Crippen molar-refractivity contribution in [2.75, 3.05) is 0 Å². The quantitative estimate of drug-likeness (QED) is 0.208. The van der Waals surface area contributed by atoms with Crippen LogP contribution in [0.2, 0.25) is 0 Å². The number of hydrogen-bond acceptors (Lipinski definition) is 1. The number of para-hydroxylation sites is 6. The molecule has 4 nitrogen and oxygen atoms in total. The van der Waals surface area contributed by atoms with Crippen LogP contribution in [0.3, 0.4) is 0 Å². The molecule has 2 heterocycles. The first-order valence-electron chi connectivity index (χ1n) is 13.8. The Balaban J connectivity index is 1.57. The third-order valence-corrected chi connectivity index (χ3v) is 8.16. The maximum Gasteiger partial charge on any atom is 0.210 e. The summed E-state index contributed by atoms with van der Waals surface area (Å²) in [5, 5.41) is 14.3. The summed E-state index contributed by atoms with van der Waals surface area (Å²) in [5.74, 6) is 0. The normalized spacial score (nSPS) is 11.3. The lowest BCUT2D eigenvalue weighted by Crippen LogP contribution is -1.98. The molecule has 0 bridgehead atoms. The van der Waals surface area contributed by atoms with Gasteiger partial charge in [-0.25, -0.2) is 4.85 Å². The first-order chi connectivity index (χ1) is 20.8. The summed E-state index contributed by atoms with van der Waals surface area (Å²) in [6, 6.07) is 47.7. The molecule has 0 N–H and O–H groups in total. The molecule has 0 radical (unpaired) electrons. The predicted molar refractivity (Wildman–Crippen MR) is 172 cm³/mol. The summed E-state index contributed by atoms with van der Waals surface area (Å²) < 4.78 is 4.52. The third-order valence-electron chi connectivity index (χ3n) is 8.16. The van der Waals surface area contributed by atoms with Gasteiger partial charge in [0.05, 0.1) is 46.0 Å². The van der Waals surface area contributed by atoms with E-state index in [2.05, 4.69) is 111 Å². The number of benzene rings is 6. The second-order valence-electron chi connectivity index (χ2n) is 10.4. The van der Waals surface area contributed by atoms with Crippen molar-refractivity contribution in [3.8, 4) is 28.6 Å². The number of nitrogens with zero attached hydrogens (tertiary/aromatic N) is 4. The molecule has 4 heteroatoms. The van der Waals surface area contributed by atoms with Crippen LogP contribution in [-0.4, -0.2) is 9.13 Å². The van der Waals surface area contributed by atoms with E-state index in [1.165, 1.54) is 0 Å². The SMILES string of the molecule is [C-]#[N+]c1ccccc1-n1c2ccccc2c2cccc(-c3cccc4c5ccccc5n(-c5cccc(C#N)c5)c34)c21. The number of aromatic nitrogens is 2. The molecule has 0 fully saturated rings. The maximum atomic E-state index is 9.70. The van der Waals surface area contributed by atoms with Crippen molar-refractivity contribution in [2.24, 2.45) is 0 Å². The monoisotopic (exact) mass is 534 g/mol. The van der Waals surface area contributed by atoms with E-state index in [-0.39, 0.29) is 0 Å². The Morgan fingerprint density at radius 1 is 0.548 bits per heavy atom. The molecule has 0 aliphatic heterocycles. The van der Waals surface area contributed by atoms with E-state index in [4.69, 9.17) is 6.57 Å². The smallest absolute Gasteiger partial charge is 0.210 e. The Labute approximate surface area is 242 Å². The fourth-order valence-electron chi connectivity index (χ4n) is 6.45. The Morgan fingerprint density at radius 3 is 1.76 bits per heavy atom. The molecule has 0 unspecified atom stereocenters. The molecule has 2 aromatic heterocycles. The van der Waals surface area contributed by atoms with Gasteiger partial charge < -0.3 is 9.13 Å². The Morgan fingerprint density at radius 2 is 1.10 bits per heavy atom. The molecule has 0 spiro atoms. The van der Waals surface area contributed by atoms with Gasteiger partial charge in [0, 0.05) is 38.4 Å². The standard InChI is InChI=1S/C38H22N4/c1-40-33-19-4-7-22-36(33)42-35-21-6-3-14-28(35)30-16-10-18-32(38(30)42)31-17-9-15-29-27-13-2-5-20-34(27)41(37(29)31)26-12-8-11-25(23-26)24-39/h2-23H. The molecule has 194 valence electrons. The van der Waals surface area contributed by atoms with Crippen LogP contribution >= 0.6 is 0 Å². The van der Waals surface area contributed by atoms with Crippen LogP contribution in [0.1, 0.15) is 5.56 Å². The van der Waals surface area contributed by atoms with E-state index in [1.54, 1.807) is 0 Å². The van der Waals surface area contributed by atoms with Crippen molar-refractivity contribution < 1.29 is 0 Å². The van der Waals surface area contributed by atoms with Gasteiger partial charge in [0.1, 0.15) is 0 Å². The maximum absolute atomic E-state index is 9.70. The van der Waals surface area contributed by atoms with Crippen LogP contribution in [-0.2, 0) is 0 Å². The van der Waals surface area contributed by atoms with Crippen LogP contribution in [0.15, 0.2) is 133 Å². The summed E-state index contributed by atoms with van der Waals surface area (Å²) in [6.45, 7) is 7.93. The molecule has 0 saturated heterocycles. The molecule has 8 aromatic rings. The highest BCUT2D eigenvalue weighted by Crippen LogP contribution is 2.44. The summed E-state index contributed by atoms with van der Waals surface area (Å²) in [4.78, 5) is 3.89. The lowest BCUT2D eigenvalue weighted by atomic mass is 9.99. The first-order valence-corrected chi connectivity index (χ1v) is 13.8. The average Bonchev–Trinajstić information content (AvgIpc) is 3.58. The van der Waals surface area contributed by atoms with Crippen molar-refractivity contribution in [3.05, 3.63) is 150 Å². The van der Waals surface area contributed by atoms with Gasteiger partial charge in [0.25, 0.3) is 0 Å². The molecular weight excluding hydrogens is 512 g/mol. The van der Waals surface area contributed by atoms with Crippen LogP contribution in [0.25, 0.3) is 71.0 Å². The predicted octanol–water partition coefficient (Wildman–Crippen LogP) is 9.97. The largest absolute Gasteiger partial charge is 0.318 e. The first kappa shape index (κ1) is 23.8. The zero-order valence-electron chi connectivity index (χ0n) is 22.5. The topological polar surface area (TPSA) is 38.0 Å². The van der Waals surface area contributed by atoms with Crippen molar-refractivity contribution in [3.63, 3.8) is 0 Å². The second-order valence-corrected chi connectivity index (χ2v) is 10.4. The minimum atomic E-state index is 0.607. The molecule has 0 aliphatic rings. The zero-order chi connectivity index (χ0) is 28.2. The van der Waals surface area contributed by atoms with Crippen LogP contribution < -0.4 is 0 Å². The summed E-state index contributed by atoms with van der Waals surface area (Å²) in [6.07, 6.45) is 0. The fraction of sp³-hybridized carbons (Fsp3) is 0. The van der Waals surface area contributed by atoms with Gasteiger partial charge in [-0.3, -0.25) is 0 Å². The summed E-state index contributed by atoms with van der Waals surface area (Å²) >= 11 is 0. The number of rotatable bonds is 3. The van der Waals surface area contributed by atoms with Crippen LogP contribution in [0, 0.1) is 17.9 Å². The fourth-order valence-corrected chi connectivity index (χ4v) is 6.45. The van der Waals surface area contributed by atoms with E-state index < -0.39 is 0 Å². The van der Waals surface area contributed by atoms with Crippen molar-refractivity contribution in [1.82, 2.24) is 9.13 Å². The van der Waals surface area contributed by atoms with E-state index in [1.807, 2.05) is 42.5 Å². The Hall–Kier alpha value is -6.10. The van der Waals surface area contributed by atoms with E-state index >= 15 is 0 Å². The molecule has 0 atom stereocenters. The van der Waals surface area contributed by atoms with E-state index in [9.17, 15) is 5.26 Å². The second kappa shape index (κ2) is 9.24. The van der Waals surface area contributed by atoms with Gasteiger partial charge in [0.15, 0.2) is 0 Å². The van der Waals surface area contributed by atoms with Crippen LogP contribution in [0.5, 0.6) is 0 Å². The van der Waals surface area contributed by atoms with Gasteiger partial charge >= 0.3 is 0 Å². The third kappa shape index (κ3) is 3.33. The van der Waals surface area contributed by atoms with Gasteiger partial charge in [-0.1, -0.05) is 97.1 Å². The Bertz CT molecular complexity index is 2440. The summed E-state index contributed by atoms with van der Waals surface area (Å²) in [5.41, 5.74) is 9.48. The van der Waals surface area contributed by atoms with Gasteiger partial charge in [-0.05, 0) is 36.4 Å². The highest BCUT2D eigenvalue weighted by molar-refractivity contribution is 6.19. The van der Waals surface area contributed by atoms with Gasteiger partial charge in [-0.15, -0.1) is 0 Å². The van der Waals surface area contributed by atoms with E-state index in [0.717, 1.165) is 66.1 Å². The minimum absolute atomic E-state index is 0.607. The van der Waals surface area contributed by atoms with Gasteiger partial charge in [0.2, 0.25) is 5.69 Å². The number of hydrogen-bond donors (Lipinski definition) is 0. The average molecular weight is 535 g/mol. The lowest BCUT2D eigenvalue weighted by Gasteiger charge is -2.15. The van der Waals surface area contributed by atoms with Gasteiger partial charge in [-0.2, -0.15) is 5.26 Å². The molecule has 8 rings (SSSR count). The summed E-state index contributed by atoms with van der Waals surface area (Å²) in [7, 11) is 0. The molecule has 0 aliphatic carbocycles. The highest BCUT2D eigenvalue weighted by atomic mass is 15.0. The Kier molecular flexibility index (Phi) is 5.22. The molecule has 42 heavy (non-hydrogen) atoms. The lowest BCUT2D eigenvalue weighted by molar-refractivity contribution is 1.17. The molecule has 6 aromatic carbocycles. The minimum Gasteiger partial charge on any atom is -0.318 e. The van der Waals surface area contributed by atoms with Crippen LogP contribution in [0.4, 0.5) is 5.69 Å². The van der Waals surface area contributed by atoms with Crippen molar-refractivity contribution in [2.45, 2.75) is 0 Å². The number of nitriles is 1. The van der Waals surface area contributed by atoms with Crippen molar-refractivity contribution in [1.29, 1.82) is 5.26 Å². The molecule has 0 saturated carbocycles. The zero-order valence-corrected chi connectivity index (χ0v) is 22.5. The highest BCUT2D eigenvalue weighted by Gasteiger charge is 2.21.